The van der Waals surface area contributed by atoms with Gasteiger partial charge in [-0.2, -0.15) is 0 Å². The van der Waals surface area contributed by atoms with E-state index in [9.17, 15) is 13.2 Å². The highest BCUT2D eigenvalue weighted by molar-refractivity contribution is 14.1. The number of benzene rings is 2. The SMILES string of the molecule is CC(NC(=O)c1ccc(I)cc1NS(=O)(=O)C1=CC=CN2SNC=C12)c1ccccc1. The summed E-state index contributed by atoms with van der Waals surface area (Å²) in [6, 6.07) is 14.4. The zero-order valence-electron chi connectivity index (χ0n) is 16.4. The van der Waals surface area contributed by atoms with Gasteiger partial charge in [-0.15, -0.1) is 0 Å². The van der Waals surface area contributed by atoms with Crippen LogP contribution in [-0.4, -0.2) is 18.6 Å². The molecular formula is C21H19IN4O3S2. The first-order valence-corrected chi connectivity index (χ1v) is 12.7. The van der Waals surface area contributed by atoms with E-state index in [0.29, 0.717) is 5.70 Å². The van der Waals surface area contributed by atoms with Crippen LogP contribution in [0.15, 0.2) is 83.7 Å². The zero-order valence-corrected chi connectivity index (χ0v) is 20.2. The number of amides is 1. The van der Waals surface area contributed by atoms with E-state index in [1.54, 1.807) is 41.0 Å². The van der Waals surface area contributed by atoms with Gasteiger partial charge in [0.15, 0.2) is 0 Å². The van der Waals surface area contributed by atoms with Gasteiger partial charge in [0.05, 0.1) is 35.1 Å². The van der Waals surface area contributed by atoms with Crippen LogP contribution in [0.25, 0.3) is 0 Å². The summed E-state index contributed by atoms with van der Waals surface area (Å²) >= 11 is 3.36. The maximum absolute atomic E-state index is 13.2. The van der Waals surface area contributed by atoms with E-state index in [4.69, 9.17) is 0 Å². The molecule has 2 heterocycles. The Labute approximate surface area is 199 Å². The quantitative estimate of drug-likeness (QED) is 0.358. The first-order valence-electron chi connectivity index (χ1n) is 9.34. The molecule has 0 saturated heterocycles. The molecule has 10 heteroatoms. The largest absolute Gasteiger partial charge is 0.345 e. The second kappa shape index (κ2) is 8.97. The summed E-state index contributed by atoms with van der Waals surface area (Å²) in [5.41, 5.74) is 1.96. The molecule has 7 nitrogen and oxygen atoms in total. The molecule has 4 rings (SSSR count). The minimum absolute atomic E-state index is 0.121. The van der Waals surface area contributed by atoms with E-state index in [-0.39, 0.29) is 28.1 Å². The van der Waals surface area contributed by atoms with E-state index < -0.39 is 10.0 Å². The Hall–Kier alpha value is -2.44. The Morgan fingerprint density at radius 2 is 1.97 bits per heavy atom. The normalized spacial score (nSPS) is 16.0. The lowest BCUT2D eigenvalue weighted by molar-refractivity contribution is 0.0941. The molecule has 0 radical (unpaired) electrons. The van der Waals surface area contributed by atoms with Crippen LogP contribution in [0.3, 0.4) is 0 Å². The number of allylic oxidation sites excluding steroid dienone is 2. The lowest BCUT2D eigenvalue weighted by atomic mass is 10.1. The van der Waals surface area contributed by atoms with Gasteiger partial charge >= 0.3 is 0 Å². The highest BCUT2D eigenvalue weighted by Gasteiger charge is 2.30. The third kappa shape index (κ3) is 4.75. The summed E-state index contributed by atoms with van der Waals surface area (Å²) < 4.78 is 34.4. The Morgan fingerprint density at radius 1 is 1.19 bits per heavy atom. The second-order valence-electron chi connectivity index (χ2n) is 6.84. The number of carbonyl (C=O) groups excluding carboxylic acids is 1. The van der Waals surface area contributed by atoms with Crippen molar-refractivity contribution in [2.75, 3.05) is 4.72 Å². The summed E-state index contributed by atoms with van der Waals surface area (Å²) in [5.74, 6) is -0.359. The fourth-order valence-electron chi connectivity index (χ4n) is 3.16. The Kier molecular flexibility index (Phi) is 6.30. The van der Waals surface area contributed by atoms with Gasteiger partial charge in [-0.1, -0.05) is 30.3 Å². The average molecular weight is 566 g/mol. The fraction of sp³-hybridized carbons (Fsp3) is 0.0952. The van der Waals surface area contributed by atoms with Gasteiger partial charge < -0.3 is 10.0 Å². The van der Waals surface area contributed by atoms with Gasteiger partial charge in [0.1, 0.15) is 4.91 Å². The molecule has 0 fully saturated rings. The van der Waals surface area contributed by atoms with Crippen LogP contribution in [0.1, 0.15) is 28.9 Å². The molecule has 1 amide bonds. The van der Waals surface area contributed by atoms with E-state index in [0.717, 1.165) is 9.13 Å². The van der Waals surface area contributed by atoms with Crippen LogP contribution < -0.4 is 14.8 Å². The van der Waals surface area contributed by atoms with Crippen molar-refractivity contribution < 1.29 is 13.2 Å². The number of fused-ring (bicyclic) bond motifs is 1. The number of rotatable bonds is 6. The molecule has 31 heavy (non-hydrogen) atoms. The predicted octanol–water partition coefficient (Wildman–Crippen LogP) is 4.24. The third-order valence-corrected chi connectivity index (χ3v) is 7.54. The predicted molar refractivity (Wildman–Crippen MR) is 132 cm³/mol. The zero-order chi connectivity index (χ0) is 22.0. The lowest BCUT2D eigenvalue weighted by Crippen LogP contribution is -2.28. The first-order chi connectivity index (χ1) is 14.8. The van der Waals surface area contributed by atoms with Crippen LogP contribution in [0.2, 0.25) is 0 Å². The van der Waals surface area contributed by atoms with Crippen molar-refractivity contribution in [2.45, 2.75) is 13.0 Å². The van der Waals surface area contributed by atoms with Gasteiger partial charge in [-0.05, 0) is 65.4 Å². The second-order valence-corrected chi connectivity index (χ2v) is 10.5. The molecule has 0 aliphatic carbocycles. The number of nitrogens with one attached hydrogen (secondary N) is 3. The standard InChI is InChI=1S/C21H19IN4O3S2/c1-14(15-6-3-2-4-7-15)24-21(27)17-10-9-16(22)12-18(17)25-31(28,29)20-8-5-11-26-19(20)13-23-30-26/h2-14,23,25H,1H3,(H,24,27). The van der Waals surface area contributed by atoms with Crippen LogP contribution in [0.4, 0.5) is 5.69 Å². The first kappa shape index (κ1) is 21.8. The third-order valence-electron chi connectivity index (χ3n) is 4.71. The summed E-state index contributed by atoms with van der Waals surface area (Å²) in [6.45, 7) is 1.88. The van der Waals surface area contributed by atoms with Crippen molar-refractivity contribution >= 4 is 56.3 Å². The van der Waals surface area contributed by atoms with Gasteiger partial charge in [-0.3, -0.25) is 13.8 Å². The van der Waals surface area contributed by atoms with Crippen LogP contribution in [0, 0.1) is 3.57 Å². The van der Waals surface area contributed by atoms with Gasteiger partial charge in [-0.25, -0.2) is 8.42 Å². The molecule has 0 saturated carbocycles. The lowest BCUT2D eigenvalue weighted by Gasteiger charge is -2.21. The molecule has 0 spiro atoms. The molecule has 0 bridgehead atoms. The van der Waals surface area contributed by atoms with Crippen molar-refractivity contribution in [3.8, 4) is 0 Å². The van der Waals surface area contributed by atoms with Crippen molar-refractivity contribution in [1.29, 1.82) is 0 Å². The monoisotopic (exact) mass is 566 g/mol. The van der Waals surface area contributed by atoms with Crippen LogP contribution >= 0.6 is 34.7 Å². The van der Waals surface area contributed by atoms with Crippen LogP contribution in [-0.2, 0) is 10.0 Å². The van der Waals surface area contributed by atoms with Gasteiger partial charge in [0.2, 0.25) is 0 Å². The number of carbonyl (C=O) groups is 1. The summed E-state index contributed by atoms with van der Waals surface area (Å²) in [5, 5.41) is 2.94. The van der Waals surface area contributed by atoms with Crippen LogP contribution in [0.5, 0.6) is 0 Å². The number of anilines is 1. The number of sulfonamides is 1. The maximum Gasteiger partial charge on any atom is 0.264 e. The van der Waals surface area contributed by atoms with Crippen molar-refractivity contribution in [1.82, 2.24) is 14.3 Å². The highest BCUT2D eigenvalue weighted by Crippen LogP contribution is 2.34. The number of nitrogens with zero attached hydrogens (tertiary/aromatic N) is 1. The molecule has 3 N–H and O–H groups in total. The average Bonchev–Trinajstić information content (AvgIpc) is 3.23. The summed E-state index contributed by atoms with van der Waals surface area (Å²) in [6.07, 6.45) is 6.59. The van der Waals surface area contributed by atoms with E-state index >= 15 is 0 Å². The molecular weight excluding hydrogens is 547 g/mol. The summed E-state index contributed by atoms with van der Waals surface area (Å²) in [7, 11) is -3.93. The number of hydrogen-bond donors (Lipinski definition) is 3. The molecule has 1 unspecified atom stereocenters. The minimum atomic E-state index is -3.93. The molecule has 1 atom stereocenters. The Morgan fingerprint density at radius 3 is 2.74 bits per heavy atom. The molecule has 160 valence electrons. The fourth-order valence-corrected chi connectivity index (χ4v) is 5.63. The number of hydrogen-bond acceptors (Lipinski definition) is 6. The van der Waals surface area contributed by atoms with E-state index in [1.165, 1.54) is 18.2 Å². The molecule has 2 aliphatic heterocycles. The smallest absolute Gasteiger partial charge is 0.264 e. The Balaban J connectivity index is 1.61. The van der Waals surface area contributed by atoms with E-state index in [2.05, 4.69) is 37.4 Å². The maximum atomic E-state index is 13.2. The summed E-state index contributed by atoms with van der Waals surface area (Å²) in [4.78, 5) is 13.1. The van der Waals surface area contributed by atoms with Crippen molar-refractivity contribution in [2.24, 2.45) is 0 Å². The van der Waals surface area contributed by atoms with Gasteiger partial charge in [0, 0.05) is 16.0 Å². The molecule has 2 aromatic rings. The molecule has 2 aromatic carbocycles. The number of halogens is 1. The molecule has 0 aromatic heterocycles. The van der Waals surface area contributed by atoms with Crippen molar-refractivity contribution in [3.63, 3.8) is 0 Å². The van der Waals surface area contributed by atoms with Gasteiger partial charge in [0.25, 0.3) is 15.9 Å². The van der Waals surface area contributed by atoms with E-state index in [1.807, 2.05) is 37.3 Å². The minimum Gasteiger partial charge on any atom is -0.345 e. The topological polar surface area (TPSA) is 90.5 Å². The molecule has 2 aliphatic rings. The highest BCUT2D eigenvalue weighted by atomic mass is 127. The van der Waals surface area contributed by atoms with Crippen molar-refractivity contribution in [3.05, 3.63) is 98.4 Å². The Bertz CT molecular complexity index is 1210.